The van der Waals surface area contributed by atoms with Crippen LogP contribution in [0.4, 0.5) is 0 Å². The largest absolute Gasteiger partial charge is 0.481 e. The molecule has 214 valence electrons. The van der Waals surface area contributed by atoms with Crippen molar-refractivity contribution in [3.05, 3.63) is 0 Å². The summed E-state index contributed by atoms with van der Waals surface area (Å²) < 4.78 is 0.356. The third kappa shape index (κ3) is 22.3. The minimum Gasteiger partial charge on any atom is -0.481 e. The first-order chi connectivity index (χ1) is 17.1. The van der Waals surface area contributed by atoms with Gasteiger partial charge in [0.15, 0.2) is 11.4 Å². The van der Waals surface area contributed by atoms with Gasteiger partial charge < -0.3 is 14.7 Å². The van der Waals surface area contributed by atoms with Crippen LogP contribution in [0, 0.1) is 0 Å². The van der Waals surface area contributed by atoms with Crippen molar-refractivity contribution in [3.63, 3.8) is 0 Å². The second kappa shape index (κ2) is 22.1. The number of aliphatic carboxylic acids is 1. The lowest BCUT2D eigenvalue weighted by molar-refractivity contribution is -0.875. The van der Waals surface area contributed by atoms with Crippen molar-refractivity contribution in [1.29, 1.82) is 0 Å². The normalized spacial score (nSPS) is 13.6. The van der Waals surface area contributed by atoms with Gasteiger partial charge in [0.2, 0.25) is 0 Å². The van der Waals surface area contributed by atoms with Gasteiger partial charge in [-0.2, -0.15) is 0 Å². The van der Waals surface area contributed by atoms with Gasteiger partial charge in [-0.05, 0) is 6.42 Å². The zero-order chi connectivity index (χ0) is 27.1. The van der Waals surface area contributed by atoms with Gasteiger partial charge in [-0.15, -0.1) is 0 Å². The smallest absolute Gasteiger partial charge is 0.306 e. The lowest BCUT2D eigenvalue weighted by Gasteiger charge is -2.33. The van der Waals surface area contributed by atoms with E-state index in [0.29, 0.717) is 4.48 Å². The van der Waals surface area contributed by atoms with Crippen LogP contribution in [0.3, 0.4) is 0 Å². The predicted molar refractivity (Wildman–Crippen MR) is 152 cm³/mol. The molecule has 36 heavy (non-hydrogen) atoms. The van der Waals surface area contributed by atoms with Gasteiger partial charge in [-0.3, -0.25) is 9.59 Å². The molecule has 0 saturated heterocycles. The van der Waals surface area contributed by atoms with Crippen LogP contribution >= 0.6 is 0 Å². The Kier molecular flexibility index (Phi) is 21.5. The highest BCUT2D eigenvalue weighted by Crippen LogP contribution is 2.20. The molecule has 5 nitrogen and oxygen atoms in total. The summed E-state index contributed by atoms with van der Waals surface area (Å²) in [5.41, 5.74) is -1.77. The number of rotatable bonds is 27. The third-order valence-corrected chi connectivity index (χ3v) is 7.21. The van der Waals surface area contributed by atoms with Crippen molar-refractivity contribution in [2.75, 3.05) is 27.7 Å². The zero-order valence-electron chi connectivity index (χ0n) is 24.6. The molecule has 5 heteroatoms. The van der Waals surface area contributed by atoms with Crippen LogP contribution in [-0.4, -0.2) is 59.7 Å². The molecule has 0 unspecified atom stereocenters. The molecule has 1 atom stereocenters. The van der Waals surface area contributed by atoms with E-state index in [1.807, 2.05) is 21.1 Å². The molecule has 0 aliphatic heterocycles. The Labute approximate surface area is 224 Å². The van der Waals surface area contributed by atoms with Gasteiger partial charge in [-0.25, -0.2) is 0 Å². The van der Waals surface area contributed by atoms with Crippen molar-refractivity contribution in [1.82, 2.24) is 0 Å². The van der Waals surface area contributed by atoms with E-state index in [0.717, 1.165) is 19.3 Å². The van der Waals surface area contributed by atoms with Crippen molar-refractivity contribution >= 4 is 11.8 Å². The third-order valence-electron chi connectivity index (χ3n) is 7.21. The first-order valence-corrected chi connectivity index (χ1v) is 15.4. The van der Waals surface area contributed by atoms with Crippen molar-refractivity contribution in [2.45, 2.75) is 160 Å². The molecule has 0 bridgehead atoms. The summed E-state index contributed by atoms with van der Waals surface area (Å²) in [6.45, 7) is 2.40. The molecule has 0 rings (SSSR count). The summed E-state index contributed by atoms with van der Waals surface area (Å²) in [5, 5.41) is 19.8. The average molecular weight is 513 g/mol. The lowest BCUT2D eigenvalue weighted by Crippen LogP contribution is -2.54. The fraction of sp³-hybridized carbons (Fsp3) is 0.935. The van der Waals surface area contributed by atoms with E-state index in [1.54, 1.807) is 0 Å². The van der Waals surface area contributed by atoms with Crippen LogP contribution in [0.2, 0.25) is 0 Å². The molecule has 0 amide bonds. The Bertz CT molecular complexity index is 543. The number of carbonyl (C=O) groups is 2. The monoisotopic (exact) mass is 512 g/mol. The van der Waals surface area contributed by atoms with Gasteiger partial charge >= 0.3 is 5.97 Å². The number of hydrogen-bond acceptors (Lipinski definition) is 3. The van der Waals surface area contributed by atoms with E-state index in [2.05, 4.69) is 6.92 Å². The number of Topliss-reactive ketones (excluding diaryl/α,β-unsaturated/α-hetero) is 1. The number of carbonyl (C=O) groups excluding carboxylic acids is 1. The quantitative estimate of drug-likeness (QED) is 0.0862. The SMILES string of the molecule is CCCCCCCCCCCCCCCCCCCCCCCC(=O)[C@@](O)(CC(=O)O)C[N+](C)(C)C. The molecular formula is C31H62NO4+. The predicted octanol–water partition coefficient (Wildman–Crippen LogP) is 8.07. The summed E-state index contributed by atoms with van der Waals surface area (Å²) in [4.78, 5) is 23.7. The Hall–Kier alpha value is -0.940. The van der Waals surface area contributed by atoms with Gasteiger partial charge in [0.25, 0.3) is 0 Å². The summed E-state index contributed by atoms with van der Waals surface area (Å²) in [6.07, 6.45) is 27.4. The van der Waals surface area contributed by atoms with Crippen molar-refractivity contribution < 1.29 is 24.3 Å². The Morgan fingerprint density at radius 3 is 1.17 bits per heavy atom. The molecule has 0 spiro atoms. The second-order valence-corrected chi connectivity index (χ2v) is 12.3. The van der Waals surface area contributed by atoms with E-state index in [1.165, 1.54) is 116 Å². The number of ketones is 1. The molecule has 0 aromatic heterocycles. The average Bonchev–Trinajstić information content (AvgIpc) is 2.78. The molecule has 0 aromatic rings. The number of carboxylic acid groups (broad SMARTS) is 1. The fourth-order valence-corrected chi connectivity index (χ4v) is 5.23. The molecule has 0 radical (unpaired) electrons. The second-order valence-electron chi connectivity index (χ2n) is 12.3. The number of hydrogen-bond donors (Lipinski definition) is 2. The zero-order valence-corrected chi connectivity index (χ0v) is 24.6. The topological polar surface area (TPSA) is 74.6 Å². The van der Waals surface area contributed by atoms with E-state index in [-0.39, 0.29) is 18.7 Å². The van der Waals surface area contributed by atoms with Crippen molar-refractivity contribution in [2.24, 2.45) is 0 Å². The van der Waals surface area contributed by atoms with Crippen LogP contribution in [0.5, 0.6) is 0 Å². The van der Waals surface area contributed by atoms with Crippen LogP contribution in [0.25, 0.3) is 0 Å². The molecule has 0 aliphatic carbocycles. The van der Waals surface area contributed by atoms with E-state index in [4.69, 9.17) is 5.11 Å². The number of unbranched alkanes of at least 4 members (excludes halogenated alkanes) is 20. The Morgan fingerprint density at radius 1 is 0.583 bits per heavy atom. The van der Waals surface area contributed by atoms with Crippen LogP contribution in [0.1, 0.15) is 155 Å². The van der Waals surface area contributed by atoms with Crippen LogP contribution in [-0.2, 0) is 9.59 Å². The maximum atomic E-state index is 12.6. The summed E-state index contributed by atoms with van der Waals surface area (Å²) >= 11 is 0. The minimum atomic E-state index is -1.77. The molecule has 0 aliphatic rings. The van der Waals surface area contributed by atoms with Crippen molar-refractivity contribution in [3.8, 4) is 0 Å². The molecule has 0 heterocycles. The first kappa shape index (κ1) is 35.1. The van der Waals surface area contributed by atoms with E-state index in [9.17, 15) is 14.7 Å². The number of quaternary nitrogens is 1. The standard InChI is InChI=1S/C31H61NO4/c1-5-6-7-8-9-10-11-12-13-14-15-16-17-18-19-20-21-22-23-24-25-26-29(33)31(36,27-30(34)35)28-32(2,3)4/h36H,5-28H2,1-4H3/p+1/t31-/m1/s1. The summed E-state index contributed by atoms with van der Waals surface area (Å²) in [5.74, 6) is -1.45. The molecule has 0 saturated carbocycles. The van der Waals surface area contributed by atoms with Gasteiger partial charge in [0.05, 0.1) is 27.6 Å². The van der Waals surface area contributed by atoms with E-state index >= 15 is 0 Å². The number of carboxylic acids is 1. The highest BCUT2D eigenvalue weighted by Gasteiger charge is 2.42. The fourth-order valence-electron chi connectivity index (χ4n) is 5.23. The van der Waals surface area contributed by atoms with Gasteiger partial charge in [0.1, 0.15) is 6.54 Å². The van der Waals surface area contributed by atoms with Crippen LogP contribution in [0.15, 0.2) is 0 Å². The van der Waals surface area contributed by atoms with E-state index < -0.39 is 18.0 Å². The molecular weight excluding hydrogens is 450 g/mol. The summed E-state index contributed by atoms with van der Waals surface area (Å²) in [6, 6.07) is 0. The first-order valence-electron chi connectivity index (χ1n) is 15.4. The highest BCUT2D eigenvalue weighted by molar-refractivity contribution is 5.90. The van der Waals surface area contributed by atoms with Gasteiger partial charge in [-0.1, -0.05) is 135 Å². The van der Waals surface area contributed by atoms with Gasteiger partial charge in [0, 0.05) is 6.42 Å². The number of aliphatic hydroxyl groups is 1. The lowest BCUT2D eigenvalue weighted by atomic mass is 9.89. The van der Waals surface area contributed by atoms with Crippen LogP contribution < -0.4 is 0 Å². The molecule has 0 aromatic carbocycles. The number of nitrogens with zero attached hydrogens (tertiary/aromatic N) is 1. The summed E-state index contributed by atoms with van der Waals surface area (Å²) in [7, 11) is 5.58. The maximum Gasteiger partial charge on any atom is 0.306 e. The Balaban J connectivity index is 3.53. The molecule has 0 fully saturated rings. The minimum absolute atomic E-state index is 0.122. The number of likely N-dealkylation sites (N-methyl/N-ethyl adjacent to an activating group) is 1. The highest BCUT2D eigenvalue weighted by atomic mass is 16.4. The Morgan fingerprint density at radius 2 is 0.889 bits per heavy atom. The molecule has 2 N–H and O–H groups in total. The maximum absolute atomic E-state index is 12.6.